The van der Waals surface area contributed by atoms with Crippen LogP contribution in [0, 0.1) is 5.82 Å². The molecule has 1 fully saturated rings. The van der Waals surface area contributed by atoms with Crippen LogP contribution in [-0.4, -0.2) is 56.1 Å². The first kappa shape index (κ1) is 14.4. The van der Waals surface area contributed by atoms with Crippen molar-refractivity contribution in [1.29, 1.82) is 0 Å². The van der Waals surface area contributed by atoms with Crippen LogP contribution in [0.3, 0.4) is 0 Å². The topological polar surface area (TPSA) is 18.5 Å². The van der Waals surface area contributed by atoms with E-state index in [1.165, 1.54) is 6.07 Å². The third-order valence-corrected chi connectivity index (χ3v) is 3.85. The quantitative estimate of drug-likeness (QED) is 0.874. The highest BCUT2D eigenvalue weighted by atomic mass is 19.1. The number of nitrogens with one attached hydrogen (secondary N) is 1. The van der Waals surface area contributed by atoms with Crippen molar-refractivity contribution in [1.82, 2.24) is 15.1 Å². The summed E-state index contributed by atoms with van der Waals surface area (Å²) in [5, 5.41) is 3.40. The zero-order valence-electron chi connectivity index (χ0n) is 11.9. The Kier molecular flexibility index (Phi) is 5.31. The molecule has 1 unspecified atom stereocenters. The van der Waals surface area contributed by atoms with Crippen molar-refractivity contribution in [2.75, 3.05) is 46.3 Å². The second kappa shape index (κ2) is 6.98. The average Bonchev–Trinajstić information content (AvgIpc) is 2.41. The summed E-state index contributed by atoms with van der Waals surface area (Å²) < 4.78 is 13.6. The van der Waals surface area contributed by atoms with E-state index in [2.05, 4.69) is 22.2 Å². The maximum atomic E-state index is 13.6. The minimum Gasteiger partial charge on any atom is -0.309 e. The summed E-state index contributed by atoms with van der Waals surface area (Å²) in [5.74, 6) is -0.123. The number of halogens is 1. The second-order valence-corrected chi connectivity index (χ2v) is 5.34. The number of hydrogen-bond donors (Lipinski definition) is 1. The Balaban J connectivity index is 1.72. The third-order valence-electron chi connectivity index (χ3n) is 3.85. The van der Waals surface area contributed by atoms with Gasteiger partial charge < -0.3 is 10.2 Å². The number of rotatable bonds is 5. The fourth-order valence-electron chi connectivity index (χ4n) is 2.45. The molecule has 1 aromatic rings. The van der Waals surface area contributed by atoms with Crippen molar-refractivity contribution >= 4 is 0 Å². The molecule has 106 valence electrons. The smallest absolute Gasteiger partial charge is 0.127 e. The Hall–Kier alpha value is -0.970. The largest absolute Gasteiger partial charge is 0.309 e. The molecule has 2 rings (SSSR count). The molecular weight excluding hydrogens is 241 g/mol. The molecule has 0 amide bonds. The zero-order chi connectivity index (χ0) is 13.7. The first-order valence-electron chi connectivity index (χ1n) is 7.05. The van der Waals surface area contributed by atoms with E-state index in [0.29, 0.717) is 0 Å². The Morgan fingerprint density at radius 3 is 2.58 bits per heavy atom. The van der Waals surface area contributed by atoms with E-state index in [1.54, 1.807) is 6.07 Å². The first-order chi connectivity index (χ1) is 9.16. The molecule has 1 saturated heterocycles. The minimum absolute atomic E-state index is 0.0636. The standard InChI is InChI=1S/C15H24FN3/c1-13(14-5-3-4-6-15(14)16)17-7-8-19-11-9-18(2)10-12-19/h3-6,13,17H,7-12H2,1-2H3. The molecule has 0 spiro atoms. The molecule has 1 aliphatic rings. The normalized spacial score (nSPS) is 19.5. The van der Waals surface area contributed by atoms with Crippen LogP contribution in [-0.2, 0) is 0 Å². The number of hydrogen-bond acceptors (Lipinski definition) is 3. The van der Waals surface area contributed by atoms with Crippen LogP contribution in [0.25, 0.3) is 0 Å². The van der Waals surface area contributed by atoms with Crippen LogP contribution in [0.1, 0.15) is 18.5 Å². The maximum Gasteiger partial charge on any atom is 0.127 e. The third kappa shape index (κ3) is 4.27. The molecule has 0 aliphatic carbocycles. The van der Waals surface area contributed by atoms with Gasteiger partial charge in [-0.05, 0) is 20.0 Å². The van der Waals surface area contributed by atoms with E-state index < -0.39 is 0 Å². The van der Waals surface area contributed by atoms with Crippen molar-refractivity contribution in [3.8, 4) is 0 Å². The fourth-order valence-corrected chi connectivity index (χ4v) is 2.45. The van der Waals surface area contributed by atoms with Gasteiger partial charge in [0.1, 0.15) is 5.82 Å². The summed E-state index contributed by atoms with van der Waals surface area (Å²) in [6, 6.07) is 7.05. The average molecular weight is 265 g/mol. The van der Waals surface area contributed by atoms with Crippen LogP contribution < -0.4 is 5.32 Å². The lowest BCUT2D eigenvalue weighted by Crippen LogP contribution is -2.46. The van der Waals surface area contributed by atoms with E-state index >= 15 is 0 Å². The van der Waals surface area contributed by atoms with Gasteiger partial charge in [0.05, 0.1) is 0 Å². The highest BCUT2D eigenvalue weighted by molar-refractivity contribution is 5.20. The lowest BCUT2D eigenvalue weighted by Gasteiger charge is -2.32. The number of benzene rings is 1. The number of nitrogens with zero attached hydrogens (tertiary/aromatic N) is 2. The van der Waals surface area contributed by atoms with Gasteiger partial charge in [0.25, 0.3) is 0 Å². The molecule has 0 bridgehead atoms. The van der Waals surface area contributed by atoms with Crippen molar-refractivity contribution < 1.29 is 4.39 Å². The van der Waals surface area contributed by atoms with Gasteiger partial charge >= 0.3 is 0 Å². The monoisotopic (exact) mass is 265 g/mol. The van der Waals surface area contributed by atoms with Crippen molar-refractivity contribution in [2.45, 2.75) is 13.0 Å². The molecule has 4 heteroatoms. The van der Waals surface area contributed by atoms with Gasteiger partial charge in [0, 0.05) is 50.9 Å². The van der Waals surface area contributed by atoms with Crippen molar-refractivity contribution in [3.63, 3.8) is 0 Å². The Morgan fingerprint density at radius 1 is 1.21 bits per heavy atom. The molecule has 3 nitrogen and oxygen atoms in total. The lowest BCUT2D eigenvalue weighted by molar-refractivity contribution is 0.154. The van der Waals surface area contributed by atoms with Gasteiger partial charge in [0.15, 0.2) is 0 Å². The number of likely N-dealkylation sites (N-methyl/N-ethyl adjacent to an activating group) is 1. The summed E-state index contributed by atoms with van der Waals surface area (Å²) >= 11 is 0. The first-order valence-corrected chi connectivity index (χ1v) is 7.05. The predicted molar refractivity (Wildman–Crippen MR) is 76.8 cm³/mol. The molecule has 0 radical (unpaired) electrons. The van der Waals surface area contributed by atoms with Gasteiger partial charge in [-0.2, -0.15) is 0 Å². The molecule has 1 heterocycles. The zero-order valence-corrected chi connectivity index (χ0v) is 11.9. The SMILES string of the molecule is CC(NCCN1CCN(C)CC1)c1ccccc1F. The Bertz CT molecular complexity index is 389. The van der Waals surface area contributed by atoms with Crippen LogP contribution in [0.15, 0.2) is 24.3 Å². The van der Waals surface area contributed by atoms with Crippen molar-refractivity contribution in [3.05, 3.63) is 35.6 Å². The molecule has 1 aliphatic heterocycles. The maximum absolute atomic E-state index is 13.6. The van der Waals surface area contributed by atoms with Gasteiger partial charge in [0.2, 0.25) is 0 Å². The van der Waals surface area contributed by atoms with Crippen LogP contribution >= 0.6 is 0 Å². The van der Waals surface area contributed by atoms with E-state index in [4.69, 9.17) is 0 Å². The molecular formula is C15H24FN3. The van der Waals surface area contributed by atoms with Gasteiger partial charge in [-0.15, -0.1) is 0 Å². The molecule has 1 N–H and O–H groups in total. The second-order valence-electron chi connectivity index (χ2n) is 5.34. The van der Waals surface area contributed by atoms with E-state index in [-0.39, 0.29) is 11.9 Å². The predicted octanol–water partition coefficient (Wildman–Crippen LogP) is 1.72. The molecule has 1 atom stereocenters. The summed E-state index contributed by atoms with van der Waals surface area (Å²) in [5.41, 5.74) is 0.751. The Labute approximate surface area is 115 Å². The summed E-state index contributed by atoms with van der Waals surface area (Å²) in [7, 11) is 2.16. The molecule has 19 heavy (non-hydrogen) atoms. The van der Waals surface area contributed by atoms with Gasteiger partial charge in [-0.25, -0.2) is 4.39 Å². The highest BCUT2D eigenvalue weighted by Gasteiger charge is 2.14. The number of piperazine rings is 1. The van der Waals surface area contributed by atoms with Crippen LogP contribution in [0.2, 0.25) is 0 Å². The summed E-state index contributed by atoms with van der Waals surface area (Å²) in [4.78, 5) is 4.81. The molecule has 0 saturated carbocycles. The van der Waals surface area contributed by atoms with E-state index in [9.17, 15) is 4.39 Å². The van der Waals surface area contributed by atoms with Crippen LogP contribution in [0.4, 0.5) is 4.39 Å². The summed E-state index contributed by atoms with van der Waals surface area (Å²) in [6.45, 7) is 8.50. The van der Waals surface area contributed by atoms with Gasteiger partial charge in [-0.1, -0.05) is 18.2 Å². The van der Waals surface area contributed by atoms with Crippen LogP contribution in [0.5, 0.6) is 0 Å². The molecule has 1 aromatic carbocycles. The van der Waals surface area contributed by atoms with Gasteiger partial charge in [-0.3, -0.25) is 4.90 Å². The highest BCUT2D eigenvalue weighted by Crippen LogP contribution is 2.15. The molecule has 0 aromatic heterocycles. The van der Waals surface area contributed by atoms with Crippen molar-refractivity contribution in [2.24, 2.45) is 0 Å². The van der Waals surface area contributed by atoms with E-state index in [0.717, 1.165) is 44.8 Å². The Morgan fingerprint density at radius 2 is 1.89 bits per heavy atom. The summed E-state index contributed by atoms with van der Waals surface area (Å²) in [6.07, 6.45) is 0. The fraction of sp³-hybridized carbons (Fsp3) is 0.600. The minimum atomic E-state index is -0.123. The lowest BCUT2D eigenvalue weighted by atomic mass is 10.1. The van der Waals surface area contributed by atoms with E-state index in [1.807, 2.05) is 19.1 Å².